The third-order valence-corrected chi connectivity index (χ3v) is 5.67. The lowest BCUT2D eigenvalue weighted by Gasteiger charge is -2.36. The van der Waals surface area contributed by atoms with Crippen LogP contribution in [0.4, 0.5) is 0 Å². The van der Waals surface area contributed by atoms with Crippen molar-refractivity contribution in [2.75, 3.05) is 0 Å². The molecular formula is C24H28O3. The van der Waals surface area contributed by atoms with Crippen molar-refractivity contribution >= 4 is 12.2 Å². The van der Waals surface area contributed by atoms with Crippen molar-refractivity contribution in [1.29, 1.82) is 0 Å². The van der Waals surface area contributed by atoms with Gasteiger partial charge in [-0.3, -0.25) is 0 Å². The first-order valence-electron chi connectivity index (χ1n) is 9.54. The van der Waals surface area contributed by atoms with E-state index in [1.54, 1.807) is 42.5 Å². The Morgan fingerprint density at radius 3 is 2.30 bits per heavy atom. The molecule has 0 amide bonds. The highest BCUT2D eigenvalue weighted by Crippen LogP contribution is 2.49. The Kier molecular flexibility index (Phi) is 5.59. The van der Waals surface area contributed by atoms with Crippen molar-refractivity contribution in [2.24, 2.45) is 11.8 Å². The van der Waals surface area contributed by atoms with Crippen molar-refractivity contribution < 1.29 is 15.3 Å². The van der Waals surface area contributed by atoms with Gasteiger partial charge in [0, 0.05) is 11.1 Å². The van der Waals surface area contributed by atoms with Crippen molar-refractivity contribution in [3.8, 4) is 17.2 Å². The third kappa shape index (κ3) is 4.19. The Bertz CT molecular complexity index is 843. The molecule has 0 aromatic heterocycles. The summed E-state index contributed by atoms with van der Waals surface area (Å²) in [4.78, 5) is 0. The SMILES string of the molecule is C=C(C)[C@H]1CC[C@H](C)C[C@@H]1c1c(O)cc(C=Cc2ccccc2O)cc1O. The smallest absolute Gasteiger partial charge is 0.123 e. The van der Waals surface area contributed by atoms with Crippen LogP contribution in [0, 0.1) is 11.8 Å². The number of hydrogen-bond acceptors (Lipinski definition) is 3. The summed E-state index contributed by atoms with van der Waals surface area (Å²) >= 11 is 0. The minimum Gasteiger partial charge on any atom is -0.507 e. The first-order valence-corrected chi connectivity index (χ1v) is 9.54. The summed E-state index contributed by atoms with van der Waals surface area (Å²) in [6.45, 7) is 8.38. The number of para-hydroxylation sites is 1. The molecule has 142 valence electrons. The van der Waals surface area contributed by atoms with Crippen LogP contribution in [0.5, 0.6) is 17.2 Å². The van der Waals surface area contributed by atoms with Crippen molar-refractivity contribution in [2.45, 2.75) is 39.0 Å². The van der Waals surface area contributed by atoms with E-state index in [1.165, 1.54) is 0 Å². The predicted octanol–water partition coefficient (Wildman–Crippen LogP) is 6.07. The molecule has 1 aliphatic carbocycles. The molecule has 0 unspecified atom stereocenters. The summed E-state index contributed by atoms with van der Waals surface area (Å²) in [6.07, 6.45) is 6.66. The molecule has 1 fully saturated rings. The number of benzene rings is 2. The van der Waals surface area contributed by atoms with Gasteiger partial charge in [-0.15, -0.1) is 0 Å². The van der Waals surface area contributed by atoms with Crippen LogP contribution in [0.15, 0.2) is 48.6 Å². The van der Waals surface area contributed by atoms with Gasteiger partial charge in [-0.1, -0.05) is 55.8 Å². The molecule has 27 heavy (non-hydrogen) atoms. The van der Waals surface area contributed by atoms with Gasteiger partial charge >= 0.3 is 0 Å². The van der Waals surface area contributed by atoms with Crippen LogP contribution in [0.25, 0.3) is 12.2 Å². The fourth-order valence-corrected chi connectivity index (χ4v) is 4.22. The summed E-state index contributed by atoms with van der Waals surface area (Å²) in [7, 11) is 0. The summed E-state index contributed by atoms with van der Waals surface area (Å²) in [6, 6.07) is 10.4. The zero-order valence-corrected chi connectivity index (χ0v) is 16.0. The number of allylic oxidation sites excluding steroid dienone is 1. The quantitative estimate of drug-likeness (QED) is 0.456. The molecule has 3 N–H and O–H groups in total. The van der Waals surface area contributed by atoms with Gasteiger partial charge in [0.15, 0.2) is 0 Å². The molecule has 0 saturated heterocycles. The molecule has 2 aromatic carbocycles. The van der Waals surface area contributed by atoms with E-state index < -0.39 is 0 Å². The Balaban J connectivity index is 1.93. The number of hydrogen-bond donors (Lipinski definition) is 3. The second-order valence-electron chi connectivity index (χ2n) is 7.84. The largest absolute Gasteiger partial charge is 0.507 e. The summed E-state index contributed by atoms with van der Waals surface area (Å²) in [5.74, 6) is 1.36. The van der Waals surface area contributed by atoms with Gasteiger partial charge in [-0.05, 0) is 61.3 Å². The first-order chi connectivity index (χ1) is 12.9. The fraction of sp³-hybridized carbons (Fsp3) is 0.333. The van der Waals surface area contributed by atoms with Gasteiger partial charge in [-0.2, -0.15) is 0 Å². The number of phenolic OH excluding ortho intramolecular Hbond substituents is 3. The molecule has 1 aliphatic rings. The third-order valence-electron chi connectivity index (χ3n) is 5.67. The van der Waals surface area contributed by atoms with Crippen LogP contribution in [0.2, 0.25) is 0 Å². The predicted molar refractivity (Wildman–Crippen MR) is 111 cm³/mol. The molecular weight excluding hydrogens is 336 g/mol. The monoisotopic (exact) mass is 364 g/mol. The Hall–Kier alpha value is -2.68. The number of phenols is 3. The van der Waals surface area contributed by atoms with E-state index in [-0.39, 0.29) is 29.1 Å². The van der Waals surface area contributed by atoms with Crippen molar-refractivity contribution in [1.82, 2.24) is 0 Å². The van der Waals surface area contributed by atoms with Crippen LogP contribution in [-0.2, 0) is 0 Å². The lowest BCUT2D eigenvalue weighted by molar-refractivity contribution is 0.267. The Morgan fingerprint density at radius 1 is 1.00 bits per heavy atom. The van der Waals surface area contributed by atoms with Crippen LogP contribution in [0.3, 0.4) is 0 Å². The average molecular weight is 364 g/mol. The van der Waals surface area contributed by atoms with Gasteiger partial charge in [0.25, 0.3) is 0 Å². The van der Waals surface area contributed by atoms with Crippen molar-refractivity contribution in [3.05, 3.63) is 65.2 Å². The van der Waals surface area contributed by atoms with Gasteiger partial charge in [0.05, 0.1) is 0 Å². The van der Waals surface area contributed by atoms with E-state index >= 15 is 0 Å². The average Bonchev–Trinajstić information content (AvgIpc) is 2.60. The van der Waals surface area contributed by atoms with Crippen LogP contribution < -0.4 is 0 Å². The standard InChI is InChI=1S/C24H28O3/c1-15(2)19-11-8-16(3)12-20(19)24-22(26)13-17(14-23(24)27)9-10-18-6-4-5-7-21(18)25/h4-7,9-10,13-14,16,19-20,25-27H,1,8,11-12H2,2-3H3/t16-,19+,20-/m0/s1. The number of aromatic hydroxyl groups is 3. The topological polar surface area (TPSA) is 60.7 Å². The van der Waals surface area contributed by atoms with E-state index in [4.69, 9.17) is 0 Å². The van der Waals surface area contributed by atoms with Gasteiger partial charge in [-0.25, -0.2) is 0 Å². The highest BCUT2D eigenvalue weighted by Gasteiger charge is 2.33. The van der Waals surface area contributed by atoms with E-state index in [1.807, 2.05) is 13.0 Å². The normalized spacial score (nSPS) is 22.8. The summed E-state index contributed by atoms with van der Waals surface area (Å²) in [5.41, 5.74) is 3.11. The van der Waals surface area contributed by atoms with Gasteiger partial charge in [0.2, 0.25) is 0 Å². The molecule has 3 rings (SSSR count). The Morgan fingerprint density at radius 2 is 1.67 bits per heavy atom. The molecule has 0 heterocycles. The van der Waals surface area contributed by atoms with Crippen LogP contribution in [-0.4, -0.2) is 15.3 Å². The van der Waals surface area contributed by atoms with E-state index in [9.17, 15) is 15.3 Å². The van der Waals surface area contributed by atoms with Crippen LogP contribution >= 0.6 is 0 Å². The van der Waals surface area contributed by atoms with Gasteiger partial charge < -0.3 is 15.3 Å². The minimum absolute atomic E-state index is 0.0856. The highest BCUT2D eigenvalue weighted by molar-refractivity contribution is 5.74. The maximum absolute atomic E-state index is 10.7. The molecule has 3 atom stereocenters. The van der Waals surface area contributed by atoms with Crippen molar-refractivity contribution in [3.63, 3.8) is 0 Å². The lowest BCUT2D eigenvalue weighted by atomic mass is 9.69. The minimum atomic E-state index is 0.0856. The zero-order chi connectivity index (χ0) is 19.6. The highest BCUT2D eigenvalue weighted by atomic mass is 16.3. The second kappa shape index (κ2) is 7.91. The fourth-order valence-electron chi connectivity index (χ4n) is 4.22. The van der Waals surface area contributed by atoms with Gasteiger partial charge in [0.1, 0.15) is 17.2 Å². The molecule has 0 aliphatic heterocycles. The zero-order valence-electron chi connectivity index (χ0n) is 16.0. The summed E-state index contributed by atoms with van der Waals surface area (Å²) in [5, 5.41) is 31.2. The molecule has 2 aromatic rings. The second-order valence-corrected chi connectivity index (χ2v) is 7.84. The lowest BCUT2D eigenvalue weighted by Crippen LogP contribution is -2.23. The molecule has 0 bridgehead atoms. The molecule has 1 saturated carbocycles. The number of rotatable bonds is 4. The summed E-state index contributed by atoms with van der Waals surface area (Å²) < 4.78 is 0. The molecule has 3 nitrogen and oxygen atoms in total. The van der Waals surface area contributed by atoms with E-state index in [2.05, 4.69) is 13.5 Å². The molecule has 0 radical (unpaired) electrons. The maximum atomic E-state index is 10.7. The molecule has 3 heteroatoms. The Labute approximate surface area is 161 Å². The maximum Gasteiger partial charge on any atom is 0.123 e. The molecule has 0 spiro atoms. The van der Waals surface area contributed by atoms with Crippen LogP contribution in [0.1, 0.15) is 55.7 Å². The first kappa shape index (κ1) is 19.1. The van der Waals surface area contributed by atoms with E-state index in [0.717, 1.165) is 24.8 Å². The van der Waals surface area contributed by atoms with E-state index in [0.29, 0.717) is 22.6 Å².